The molecule has 5 nitrogen and oxygen atoms in total. The Kier molecular flexibility index (Phi) is 4.03. The molecule has 1 atom stereocenters. The number of rotatable bonds is 1. The number of hydrogen-bond acceptors (Lipinski definition) is 4. The Morgan fingerprint density at radius 1 is 1.41 bits per heavy atom. The molecule has 1 amide bonds. The number of ether oxygens (including phenoxy) is 1. The molecule has 0 radical (unpaired) electrons. The first-order valence-electron chi connectivity index (χ1n) is 5.76. The highest BCUT2D eigenvalue weighted by Crippen LogP contribution is 2.16. The summed E-state index contributed by atoms with van der Waals surface area (Å²) in [4.78, 5) is 15.4. The lowest BCUT2D eigenvalue weighted by Crippen LogP contribution is -2.54. The van der Waals surface area contributed by atoms with Crippen LogP contribution in [0.3, 0.4) is 0 Å². The first-order chi connectivity index (χ1) is 7.70. The molecular formula is C12H22N2O3. The van der Waals surface area contributed by atoms with E-state index in [0.29, 0.717) is 19.6 Å². The van der Waals surface area contributed by atoms with Crippen molar-refractivity contribution in [1.82, 2.24) is 9.80 Å². The van der Waals surface area contributed by atoms with Gasteiger partial charge in [0.25, 0.3) is 0 Å². The van der Waals surface area contributed by atoms with Crippen LogP contribution in [-0.2, 0) is 4.74 Å². The second kappa shape index (κ2) is 4.96. The van der Waals surface area contributed by atoms with E-state index < -0.39 is 5.60 Å². The normalized spacial score (nSPS) is 22.4. The van der Waals surface area contributed by atoms with Gasteiger partial charge >= 0.3 is 6.09 Å². The zero-order valence-electron chi connectivity index (χ0n) is 11.1. The molecule has 0 aromatic heterocycles. The number of piperazine rings is 1. The van der Waals surface area contributed by atoms with Gasteiger partial charge in [0.2, 0.25) is 0 Å². The minimum absolute atomic E-state index is 0.0840. The molecule has 1 unspecified atom stereocenters. The Bertz CT molecular complexity index is 309. The summed E-state index contributed by atoms with van der Waals surface area (Å²) in [6.07, 6.45) is -0.336. The van der Waals surface area contributed by atoms with E-state index in [4.69, 9.17) is 4.74 Å². The van der Waals surface area contributed by atoms with Crippen molar-refractivity contribution in [2.45, 2.75) is 32.4 Å². The summed E-state index contributed by atoms with van der Waals surface area (Å²) in [7, 11) is 1.90. The van der Waals surface area contributed by atoms with Crippen LogP contribution in [0.2, 0.25) is 0 Å². The monoisotopic (exact) mass is 242 g/mol. The van der Waals surface area contributed by atoms with E-state index in [1.165, 1.54) is 0 Å². The van der Waals surface area contributed by atoms with Gasteiger partial charge in [-0.1, -0.05) is 6.58 Å². The summed E-state index contributed by atoms with van der Waals surface area (Å²) in [5, 5.41) is 9.46. The molecular weight excluding hydrogens is 220 g/mol. The predicted molar refractivity (Wildman–Crippen MR) is 66.0 cm³/mol. The van der Waals surface area contributed by atoms with Crippen LogP contribution in [0.5, 0.6) is 0 Å². The van der Waals surface area contributed by atoms with Crippen molar-refractivity contribution in [3.8, 4) is 0 Å². The van der Waals surface area contributed by atoms with E-state index in [0.717, 1.165) is 0 Å². The number of amides is 1. The van der Waals surface area contributed by atoms with Crippen LogP contribution in [0.4, 0.5) is 4.79 Å². The van der Waals surface area contributed by atoms with Crippen LogP contribution >= 0.6 is 0 Å². The molecule has 0 aromatic rings. The van der Waals surface area contributed by atoms with Gasteiger partial charge in [-0.05, 0) is 27.8 Å². The lowest BCUT2D eigenvalue weighted by Gasteiger charge is -2.39. The molecule has 17 heavy (non-hydrogen) atoms. The second-order valence-electron chi connectivity index (χ2n) is 5.41. The molecule has 1 aliphatic rings. The van der Waals surface area contributed by atoms with Gasteiger partial charge in [0, 0.05) is 19.6 Å². The number of likely N-dealkylation sites (N-methyl/N-ethyl adjacent to an activating group) is 1. The van der Waals surface area contributed by atoms with Crippen LogP contribution in [0.15, 0.2) is 12.3 Å². The third-order valence-corrected chi connectivity index (χ3v) is 2.68. The number of carbonyl (C=O) groups excluding carboxylic acids is 1. The molecule has 1 fully saturated rings. The Balaban J connectivity index is 2.62. The lowest BCUT2D eigenvalue weighted by atomic mass is 10.1. The van der Waals surface area contributed by atoms with Crippen molar-refractivity contribution in [2.75, 3.05) is 26.7 Å². The van der Waals surface area contributed by atoms with Gasteiger partial charge in [-0.2, -0.15) is 0 Å². The average molecular weight is 242 g/mol. The highest BCUT2D eigenvalue weighted by Gasteiger charge is 2.31. The molecule has 0 spiro atoms. The Morgan fingerprint density at radius 2 is 2.00 bits per heavy atom. The van der Waals surface area contributed by atoms with Crippen molar-refractivity contribution < 1.29 is 14.6 Å². The second-order valence-corrected chi connectivity index (χ2v) is 5.41. The molecule has 98 valence electrons. The fourth-order valence-corrected chi connectivity index (χ4v) is 1.73. The van der Waals surface area contributed by atoms with Crippen LogP contribution in [0.1, 0.15) is 20.8 Å². The Labute approximate surface area is 103 Å². The Morgan fingerprint density at radius 3 is 2.47 bits per heavy atom. The maximum absolute atomic E-state index is 11.9. The summed E-state index contributed by atoms with van der Waals surface area (Å²) in [6.45, 7) is 10.8. The van der Waals surface area contributed by atoms with Gasteiger partial charge < -0.3 is 14.7 Å². The third-order valence-electron chi connectivity index (χ3n) is 2.68. The van der Waals surface area contributed by atoms with E-state index in [1.54, 1.807) is 4.90 Å². The van der Waals surface area contributed by atoms with E-state index in [-0.39, 0.29) is 17.9 Å². The first kappa shape index (κ1) is 13.8. The van der Waals surface area contributed by atoms with E-state index >= 15 is 0 Å². The molecule has 0 bridgehead atoms. The predicted octanol–water partition coefficient (Wildman–Crippen LogP) is 1.61. The number of nitrogens with zero attached hydrogens (tertiary/aromatic N) is 2. The fourth-order valence-electron chi connectivity index (χ4n) is 1.73. The quantitative estimate of drug-likeness (QED) is 0.710. The van der Waals surface area contributed by atoms with Gasteiger partial charge in [-0.15, -0.1) is 0 Å². The molecule has 0 saturated carbocycles. The standard InChI is InChI=1S/C12H22N2O3/c1-9(15)10-8-14(7-6-13(10)5)11(16)17-12(2,3)4/h10,15H,1,6-8H2,2-5H3. The molecule has 5 heteroatoms. The zero-order valence-corrected chi connectivity index (χ0v) is 11.1. The van der Waals surface area contributed by atoms with Gasteiger partial charge in [-0.25, -0.2) is 4.79 Å². The maximum atomic E-state index is 11.9. The molecule has 1 N–H and O–H groups in total. The van der Waals surface area contributed by atoms with E-state index in [1.807, 2.05) is 32.7 Å². The average Bonchev–Trinajstić information content (AvgIpc) is 2.14. The summed E-state index contributed by atoms with van der Waals surface area (Å²) < 4.78 is 5.30. The molecule has 1 saturated heterocycles. The molecule has 0 aromatic carbocycles. The zero-order chi connectivity index (χ0) is 13.2. The van der Waals surface area contributed by atoms with E-state index in [2.05, 4.69) is 6.58 Å². The molecule has 1 aliphatic heterocycles. The van der Waals surface area contributed by atoms with E-state index in [9.17, 15) is 9.90 Å². The van der Waals surface area contributed by atoms with Gasteiger partial charge in [-0.3, -0.25) is 4.90 Å². The summed E-state index contributed by atoms with van der Waals surface area (Å²) >= 11 is 0. The number of carbonyl (C=O) groups is 1. The third kappa shape index (κ3) is 3.93. The lowest BCUT2D eigenvalue weighted by molar-refractivity contribution is 0.00772. The van der Waals surface area contributed by atoms with Crippen LogP contribution in [-0.4, -0.2) is 59.3 Å². The molecule has 1 heterocycles. The summed E-state index contributed by atoms with van der Waals surface area (Å²) in [5.41, 5.74) is -0.494. The number of aliphatic hydroxyl groups is 1. The number of hydrogen-bond donors (Lipinski definition) is 1. The molecule has 1 rings (SSSR count). The minimum Gasteiger partial charge on any atom is -0.511 e. The SMILES string of the molecule is C=C(O)C1CN(C(=O)OC(C)(C)C)CCN1C. The maximum Gasteiger partial charge on any atom is 0.410 e. The fraction of sp³-hybridized carbons (Fsp3) is 0.750. The highest BCUT2D eigenvalue weighted by atomic mass is 16.6. The summed E-state index contributed by atoms with van der Waals surface area (Å²) in [6, 6.07) is -0.212. The van der Waals surface area contributed by atoms with Crippen LogP contribution < -0.4 is 0 Å². The molecule has 0 aliphatic carbocycles. The van der Waals surface area contributed by atoms with Crippen LogP contribution in [0, 0.1) is 0 Å². The van der Waals surface area contributed by atoms with Crippen molar-refractivity contribution in [2.24, 2.45) is 0 Å². The van der Waals surface area contributed by atoms with Gasteiger partial charge in [0.15, 0.2) is 0 Å². The van der Waals surface area contributed by atoms with Gasteiger partial charge in [0.05, 0.1) is 6.04 Å². The first-order valence-corrected chi connectivity index (χ1v) is 5.76. The highest BCUT2D eigenvalue weighted by molar-refractivity contribution is 5.68. The van der Waals surface area contributed by atoms with Crippen molar-refractivity contribution >= 4 is 6.09 Å². The minimum atomic E-state index is -0.494. The largest absolute Gasteiger partial charge is 0.511 e. The van der Waals surface area contributed by atoms with Crippen LogP contribution in [0.25, 0.3) is 0 Å². The smallest absolute Gasteiger partial charge is 0.410 e. The topological polar surface area (TPSA) is 53.0 Å². The van der Waals surface area contributed by atoms with Gasteiger partial charge in [0.1, 0.15) is 11.4 Å². The van der Waals surface area contributed by atoms with Crippen molar-refractivity contribution in [3.63, 3.8) is 0 Å². The summed E-state index contributed by atoms with van der Waals surface area (Å²) in [5.74, 6) is 0.0840. The van der Waals surface area contributed by atoms with Crippen molar-refractivity contribution in [3.05, 3.63) is 12.3 Å². The Hall–Kier alpha value is -1.23. The number of aliphatic hydroxyl groups excluding tert-OH is 1. The van der Waals surface area contributed by atoms with Crippen molar-refractivity contribution in [1.29, 1.82) is 0 Å².